The molecule has 1 heterocycles. The molecule has 8 aromatic carbocycles. The summed E-state index contributed by atoms with van der Waals surface area (Å²) >= 11 is 0. The fourth-order valence-electron chi connectivity index (χ4n) is 5.46. The Balaban J connectivity index is 1.39. The number of hydrogen-bond acceptors (Lipinski definition) is 3. The van der Waals surface area contributed by atoms with Gasteiger partial charge in [-0.25, -0.2) is 15.0 Å². The zero-order valence-corrected chi connectivity index (χ0v) is 24.5. The van der Waals surface area contributed by atoms with E-state index in [1.54, 1.807) is 42.5 Å². The highest BCUT2D eigenvalue weighted by molar-refractivity contribution is 6.25. The molecule has 0 aliphatic heterocycles. The van der Waals surface area contributed by atoms with Gasteiger partial charge >= 0.3 is 0 Å². The van der Waals surface area contributed by atoms with Gasteiger partial charge in [-0.3, -0.25) is 0 Å². The van der Waals surface area contributed by atoms with E-state index >= 15 is 0 Å². The lowest BCUT2D eigenvalue weighted by Crippen LogP contribution is -2.01. The van der Waals surface area contributed by atoms with E-state index in [0.29, 0.717) is 16.7 Å². The van der Waals surface area contributed by atoms with Crippen LogP contribution in [0, 0.1) is 0 Å². The predicted octanol–water partition coefficient (Wildman–Crippen LogP) is 11.7. The fourth-order valence-corrected chi connectivity index (χ4v) is 5.46. The summed E-state index contributed by atoms with van der Waals surface area (Å²) in [5, 5.41) is -2.56. The van der Waals surface area contributed by atoms with Gasteiger partial charge in [-0.2, -0.15) is 0 Å². The molecule has 0 atom stereocenters. The standard InChI is InChI=1S/C45H29N3/c1-3-13-31(14-4-1)35-17-7-12-22-41(35)45-47-43(32-15-5-2-6-16-32)46-44(48-45)33-25-23-30(24-26-33)34-27-28-40-38-20-9-8-18-36(38)37-19-10-11-21-39(37)42(40)29-34/h1-29H/i2D,5D,6D,8D,9D,10D,11D,15D,16D,18D,19D,20D,21D,23D,24D,25D,26D,27D,28D,29D. The highest BCUT2D eigenvalue weighted by atomic mass is 15.0. The van der Waals surface area contributed by atoms with Gasteiger partial charge in [-0.15, -0.1) is 0 Å². The van der Waals surface area contributed by atoms with E-state index in [-0.39, 0.29) is 11.2 Å². The number of benzene rings is 8. The first kappa shape index (κ1) is 14.1. The molecule has 224 valence electrons. The maximum Gasteiger partial charge on any atom is 0.164 e. The normalized spacial score (nSPS) is 17.2. The van der Waals surface area contributed by atoms with Crippen molar-refractivity contribution in [3.63, 3.8) is 0 Å². The summed E-state index contributed by atoms with van der Waals surface area (Å²) in [6.07, 6.45) is 0. The van der Waals surface area contributed by atoms with E-state index in [2.05, 4.69) is 15.0 Å². The first-order chi connectivity index (χ1) is 32.1. The maximum absolute atomic E-state index is 9.61. The van der Waals surface area contributed by atoms with Crippen molar-refractivity contribution >= 4 is 32.3 Å². The first-order valence-corrected chi connectivity index (χ1v) is 14.6. The average molecular weight is 632 g/mol. The van der Waals surface area contributed by atoms with Gasteiger partial charge in [0.25, 0.3) is 0 Å². The molecule has 48 heavy (non-hydrogen) atoms. The molecule has 0 aliphatic rings. The predicted molar refractivity (Wildman–Crippen MR) is 200 cm³/mol. The van der Waals surface area contributed by atoms with Gasteiger partial charge in [0.05, 0.1) is 27.4 Å². The molecular formula is C45H29N3. The number of nitrogens with zero attached hydrogens (tertiary/aromatic N) is 3. The minimum atomic E-state index is -0.883. The Morgan fingerprint density at radius 2 is 0.771 bits per heavy atom. The van der Waals surface area contributed by atoms with Crippen LogP contribution in [-0.4, -0.2) is 15.0 Å². The molecule has 0 amide bonds. The monoisotopic (exact) mass is 631 g/mol. The zero-order valence-electron chi connectivity index (χ0n) is 44.5. The van der Waals surface area contributed by atoms with Crippen molar-refractivity contribution in [3.8, 4) is 56.4 Å². The molecule has 9 rings (SSSR count). The molecule has 0 bridgehead atoms. The average Bonchev–Trinajstić information content (AvgIpc) is 3.34. The van der Waals surface area contributed by atoms with Gasteiger partial charge < -0.3 is 0 Å². The topological polar surface area (TPSA) is 38.7 Å². The molecule has 0 aliphatic carbocycles. The second-order valence-corrected chi connectivity index (χ2v) is 10.5. The van der Waals surface area contributed by atoms with Crippen molar-refractivity contribution in [2.75, 3.05) is 0 Å². The summed E-state index contributed by atoms with van der Waals surface area (Å²) in [6, 6.07) is 0.508. The highest BCUT2D eigenvalue weighted by Gasteiger charge is 2.16. The Morgan fingerprint density at radius 3 is 1.42 bits per heavy atom. The Bertz CT molecular complexity index is 3650. The lowest BCUT2D eigenvalue weighted by atomic mass is 9.92. The van der Waals surface area contributed by atoms with E-state index in [1.165, 1.54) is 0 Å². The van der Waals surface area contributed by atoms with Gasteiger partial charge in [0.2, 0.25) is 0 Å². The van der Waals surface area contributed by atoms with E-state index in [4.69, 9.17) is 17.8 Å². The number of aromatic nitrogens is 3. The molecule has 1 aromatic heterocycles. The third-order valence-electron chi connectivity index (χ3n) is 7.65. The van der Waals surface area contributed by atoms with E-state index < -0.39 is 182 Å². The van der Waals surface area contributed by atoms with Crippen molar-refractivity contribution in [1.29, 1.82) is 0 Å². The fraction of sp³-hybridized carbons (Fsp3) is 0. The van der Waals surface area contributed by atoms with Crippen LogP contribution in [-0.2, 0) is 0 Å². The summed E-state index contributed by atoms with van der Waals surface area (Å²) in [5.41, 5.74) is -0.736. The number of rotatable bonds is 5. The molecule has 3 heteroatoms. The molecule has 0 fully saturated rings. The molecule has 0 saturated carbocycles. The smallest absolute Gasteiger partial charge is 0.164 e. The first-order valence-electron chi connectivity index (χ1n) is 24.6. The molecule has 0 N–H and O–H groups in total. The van der Waals surface area contributed by atoms with Crippen LogP contribution in [0.1, 0.15) is 27.4 Å². The van der Waals surface area contributed by atoms with Crippen LogP contribution in [0.4, 0.5) is 0 Å². The van der Waals surface area contributed by atoms with Gasteiger partial charge in [0.15, 0.2) is 17.5 Å². The molecule has 0 radical (unpaired) electrons. The van der Waals surface area contributed by atoms with Crippen LogP contribution in [0.2, 0.25) is 0 Å². The second-order valence-electron chi connectivity index (χ2n) is 10.5. The largest absolute Gasteiger partial charge is 0.208 e. The second kappa shape index (κ2) is 11.7. The van der Waals surface area contributed by atoms with Crippen molar-refractivity contribution in [2.45, 2.75) is 0 Å². The lowest BCUT2D eigenvalue weighted by molar-refractivity contribution is 1.07. The summed E-state index contributed by atoms with van der Waals surface area (Å²) in [5.74, 6) is -1.14. The van der Waals surface area contributed by atoms with Gasteiger partial charge in [0.1, 0.15) is 0 Å². The SMILES string of the molecule is [2H]c1c([2H])c([2H])c(-c2nc(-c3ccccc3-c3ccccc3)nc(-c3c([2H])c([2H])c(-c4c([2H])c([2H])c5c6c([2H])c([2H])c([2H])c([2H])c6c6c([2H])c([2H])c([2H])c([2H])c6c5c4[2H])c([2H])c3[2H])n2)c([2H])c1[2H]. The van der Waals surface area contributed by atoms with Crippen LogP contribution in [0.15, 0.2) is 175 Å². The van der Waals surface area contributed by atoms with Crippen LogP contribution >= 0.6 is 0 Å². The minimum Gasteiger partial charge on any atom is -0.208 e. The number of fused-ring (bicyclic) bond motifs is 6. The van der Waals surface area contributed by atoms with Gasteiger partial charge in [-0.05, 0) is 60.6 Å². The molecule has 9 aromatic rings. The van der Waals surface area contributed by atoms with Crippen LogP contribution in [0.3, 0.4) is 0 Å². The Morgan fingerprint density at radius 1 is 0.312 bits per heavy atom. The Hall–Kier alpha value is -6.45. The third kappa shape index (κ3) is 4.90. The molecule has 0 unspecified atom stereocenters. The van der Waals surface area contributed by atoms with E-state index in [1.807, 2.05) is 12.1 Å². The zero-order chi connectivity index (χ0) is 49.3. The van der Waals surface area contributed by atoms with Gasteiger partial charge in [0, 0.05) is 16.7 Å². The number of hydrogen-bond donors (Lipinski definition) is 0. The molecular weight excluding hydrogens is 583 g/mol. The minimum absolute atomic E-state index is 0.144. The van der Waals surface area contributed by atoms with Crippen LogP contribution in [0.5, 0.6) is 0 Å². The molecule has 3 nitrogen and oxygen atoms in total. The van der Waals surface area contributed by atoms with E-state index in [0.717, 1.165) is 0 Å². The summed E-state index contributed by atoms with van der Waals surface area (Å²) < 4.78 is 177. The van der Waals surface area contributed by atoms with Crippen molar-refractivity contribution in [1.82, 2.24) is 15.0 Å². The van der Waals surface area contributed by atoms with Gasteiger partial charge in [-0.1, -0.05) is 169 Å². The maximum atomic E-state index is 9.61. The highest BCUT2D eigenvalue weighted by Crippen LogP contribution is 2.38. The van der Waals surface area contributed by atoms with Crippen molar-refractivity contribution < 1.29 is 27.4 Å². The van der Waals surface area contributed by atoms with E-state index in [9.17, 15) is 9.60 Å². The molecule has 0 spiro atoms. The summed E-state index contributed by atoms with van der Waals surface area (Å²) in [4.78, 5) is 13.6. The Labute approximate surface area is 307 Å². The lowest BCUT2D eigenvalue weighted by Gasteiger charge is -2.13. The van der Waals surface area contributed by atoms with Crippen molar-refractivity contribution in [2.24, 2.45) is 0 Å². The summed E-state index contributed by atoms with van der Waals surface area (Å²) in [6.45, 7) is 0. The molecule has 0 saturated heterocycles. The van der Waals surface area contributed by atoms with Crippen LogP contribution in [0.25, 0.3) is 88.7 Å². The van der Waals surface area contributed by atoms with Crippen molar-refractivity contribution in [3.05, 3.63) is 175 Å². The third-order valence-corrected chi connectivity index (χ3v) is 7.65. The quantitative estimate of drug-likeness (QED) is 0.177. The Kier molecular flexibility index (Phi) is 3.45. The van der Waals surface area contributed by atoms with Crippen LogP contribution < -0.4 is 0 Å². The summed E-state index contributed by atoms with van der Waals surface area (Å²) in [7, 11) is 0.